The van der Waals surface area contributed by atoms with Crippen LogP contribution in [-0.2, 0) is 9.53 Å². The van der Waals surface area contributed by atoms with Gasteiger partial charge in [0.15, 0.2) is 12.3 Å². The van der Waals surface area contributed by atoms with E-state index in [9.17, 15) is 14.4 Å². The molecule has 7 nitrogen and oxygen atoms in total. The van der Waals surface area contributed by atoms with Crippen molar-refractivity contribution in [3.8, 4) is 5.69 Å². The van der Waals surface area contributed by atoms with Gasteiger partial charge in [0.2, 0.25) is 0 Å². The topological polar surface area (TPSA) is 90.3 Å². The van der Waals surface area contributed by atoms with Crippen molar-refractivity contribution >= 4 is 44.3 Å². The van der Waals surface area contributed by atoms with Crippen LogP contribution in [0.15, 0.2) is 82.1 Å². The number of rotatable bonds is 5. The minimum atomic E-state index is -0.798. The predicted octanol–water partition coefficient (Wildman–Crippen LogP) is 4.25. The number of anilines is 1. The van der Waals surface area contributed by atoms with Crippen molar-refractivity contribution in [1.29, 1.82) is 0 Å². The third-order valence-electron chi connectivity index (χ3n) is 4.80. The second kappa shape index (κ2) is 9.15. The molecule has 4 aromatic rings. The Morgan fingerprint density at radius 2 is 1.69 bits per heavy atom. The molecule has 0 unspecified atom stereocenters. The molecule has 160 valence electrons. The van der Waals surface area contributed by atoms with Gasteiger partial charge in [-0.1, -0.05) is 52.3 Å². The fraction of sp³-hybridized carbons (Fsp3) is 0.0833. The molecule has 0 aliphatic heterocycles. The van der Waals surface area contributed by atoms with Gasteiger partial charge in [-0.25, -0.2) is 4.79 Å². The number of nitrogens with one attached hydrogen (secondary N) is 1. The van der Waals surface area contributed by atoms with E-state index >= 15 is 0 Å². The summed E-state index contributed by atoms with van der Waals surface area (Å²) in [5.41, 5.74) is 1.60. The smallest absolute Gasteiger partial charge is 0.359 e. The largest absolute Gasteiger partial charge is 0.451 e. The summed E-state index contributed by atoms with van der Waals surface area (Å²) in [6, 6.07) is 20.9. The fourth-order valence-electron chi connectivity index (χ4n) is 3.24. The van der Waals surface area contributed by atoms with Crippen molar-refractivity contribution in [3.63, 3.8) is 0 Å². The van der Waals surface area contributed by atoms with E-state index in [0.29, 0.717) is 22.1 Å². The Morgan fingerprint density at radius 1 is 1.00 bits per heavy atom. The Hall–Kier alpha value is -3.78. The number of esters is 1. The van der Waals surface area contributed by atoms with Crippen LogP contribution in [0.3, 0.4) is 0 Å². The average Bonchev–Trinajstić information content (AvgIpc) is 2.80. The van der Waals surface area contributed by atoms with Gasteiger partial charge in [0.25, 0.3) is 11.5 Å². The Bertz CT molecular complexity index is 1380. The highest BCUT2D eigenvalue weighted by Gasteiger charge is 2.20. The number of ether oxygens (including phenoxy) is 1. The number of hydrogen-bond donors (Lipinski definition) is 1. The van der Waals surface area contributed by atoms with Crippen LogP contribution in [0.4, 0.5) is 5.69 Å². The SMILES string of the molecule is Cc1cc(Br)ccc1NC(=O)COC(=O)c1nn(-c2ccccc2)c(=O)c2ccccc12. The Labute approximate surface area is 191 Å². The molecule has 0 saturated carbocycles. The third-order valence-corrected chi connectivity index (χ3v) is 5.29. The molecular formula is C24H18BrN3O4. The van der Waals surface area contributed by atoms with Crippen LogP contribution in [0.25, 0.3) is 16.5 Å². The highest BCUT2D eigenvalue weighted by Crippen LogP contribution is 2.20. The molecule has 0 spiro atoms. The van der Waals surface area contributed by atoms with Gasteiger partial charge in [-0.05, 0) is 48.9 Å². The molecular weight excluding hydrogens is 474 g/mol. The Kier molecular flexibility index (Phi) is 6.13. The van der Waals surface area contributed by atoms with Crippen LogP contribution in [0.1, 0.15) is 16.1 Å². The van der Waals surface area contributed by atoms with E-state index in [1.54, 1.807) is 60.7 Å². The summed E-state index contributed by atoms with van der Waals surface area (Å²) in [6.07, 6.45) is 0. The second-order valence-corrected chi connectivity index (χ2v) is 7.95. The zero-order valence-corrected chi connectivity index (χ0v) is 18.6. The van der Waals surface area contributed by atoms with Gasteiger partial charge in [0.1, 0.15) is 0 Å². The van der Waals surface area contributed by atoms with E-state index in [2.05, 4.69) is 26.3 Å². The van der Waals surface area contributed by atoms with E-state index in [4.69, 9.17) is 4.74 Å². The number of benzene rings is 3. The van der Waals surface area contributed by atoms with Gasteiger partial charge in [0, 0.05) is 15.5 Å². The first-order chi connectivity index (χ1) is 15.4. The first-order valence-corrected chi connectivity index (χ1v) is 10.5. The zero-order valence-electron chi connectivity index (χ0n) is 17.0. The molecule has 0 atom stereocenters. The van der Waals surface area contributed by atoms with Crippen molar-refractivity contribution < 1.29 is 14.3 Å². The lowest BCUT2D eigenvalue weighted by Crippen LogP contribution is -2.26. The number of hydrogen-bond acceptors (Lipinski definition) is 5. The van der Waals surface area contributed by atoms with Crippen LogP contribution in [0.2, 0.25) is 0 Å². The summed E-state index contributed by atoms with van der Waals surface area (Å²) in [5.74, 6) is -1.28. The van der Waals surface area contributed by atoms with Crippen molar-refractivity contribution in [1.82, 2.24) is 9.78 Å². The van der Waals surface area contributed by atoms with Gasteiger partial charge in [-0.2, -0.15) is 9.78 Å². The summed E-state index contributed by atoms with van der Waals surface area (Å²) in [7, 11) is 0. The Morgan fingerprint density at radius 3 is 2.41 bits per heavy atom. The maximum Gasteiger partial charge on any atom is 0.359 e. The van der Waals surface area contributed by atoms with Crippen LogP contribution >= 0.6 is 15.9 Å². The van der Waals surface area contributed by atoms with Crippen molar-refractivity contribution in [2.45, 2.75) is 6.92 Å². The highest BCUT2D eigenvalue weighted by molar-refractivity contribution is 9.10. The van der Waals surface area contributed by atoms with Crippen molar-refractivity contribution in [2.75, 3.05) is 11.9 Å². The molecule has 0 fully saturated rings. The molecule has 1 N–H and O–H groups in total. The van der Waals surface area contributed by atoms with Gasteiger partial charge in [0.05, 0.1) is 11.1 Å². The average molecular weight is 492 g/mol. The van der Waals surface area contributed by atoms with Crippen LogP contribution < -0.4 is 10.9 Å². The number of halogens is 1. The normalized spacial score (nSPS) is 10.7. The Balaban J connectivity index is 1.60. The number of aromatic nitrogens is 2. The quantitative estimate of drug-likeness (QED) is 0.421. The molecule has 8 heteroatoms. The molecule has 0 radical (unpaired) electrons. The van der Waals surface area contributed by atoms with E-state index in [1.165, 1.54) is 0 Å². The lowest BCUT2D eigenvalue weighted by Gasteiger charge is -2.12. The van der Waals surface area contributed by atoms with Crippen LogP contribution in [-0.4, -0.2) is 28.3 Å². The maximum atomic E-state index is 12.9. The zero-order chi connectivity index (χ0) is 22.7. The number of fused-ring (bicyclic) bond motifs is 1. The van der Waals surface area contributed by atoms with E-state index in [-0.39, 0.29) is 11.3 Å². The summed E-state index contributed by atoms with van der Waals surface area (Å²) in [6.45, 7) is 1.37. The molecule has 0 aliphatic carbocycles. The molecule has 0 bridgehead atoms. The minimum absolute atomic E-state index is 0.0447. The predicted molar refractivity (Wildman–Crippen MR) is 125 cm³/mol. The van der Waals surface area contributed by atoms with Gasteiger partial charge in [-0.3, -0.25) is 9.59 Å². The number of nitrogens with zero attached hydrogens (tertiary/aromatic N) is 2. The number of carbonyl (C=O) groups excluding carboxylic acids is 2. The van der Waals surface area contributed by atoms with E-state index in [1.807, 2.05) is 19.1 Å². The van der Waals surface area contributed by atoms with Crippen LogP contribution in [0.5, 0.6) is 0 Å². The summed E-state index contributed by atoms with van der Waals surface area (Å²) >= 11 is 3.37. The van der Waals surface area contributed by atoms with Crippen molar-refractivity contribution in [2.24, 2.45) is 0 Å². The molecule has 3 aromatic carbocycles. The van der Waals surface area contributed by atoms with Crippen molar-refractivity contribution in [3.05, 3.63) is 98.9 Å². The minimum Gasteiger partial charge on any atom is -0.451 e. The summed E-state index contributed by atoms with van der Waals surface area (Å²) < 4.78 is 7.28. The number of amides is 1. The first-order valence-electron chi connectivity index (χ1n) is 9.74. The molecule has 0 saturated heterocycles. The van der Waals surface area contributed by atoms with Crippen LogP contribution in [0, 0.1) is 6.92 Å². The van der Waals surface area contributed by atoms with Gasteiger partial charge >= 0.3 is 5.97 Å². The lowest BCUT2D eigenvalue weighted by molar-refractivity contribution is -0.119. The lowest BCUT2D eigenvalue weighted by atomic mass is 10.1. The second-order valence-electron chi connectivity index (χ2n) is 7.03. The molecule has 1 heterocycles. The highest BCUT2D eigenvalue weighted by atomic mass is 79.9. The van der Waals surface area contributed by atoms with E-state index in [0.717, 1.165) is 14.7 Å². The maximum absolute atomic E-state index is 12.9. The third kappa shape index (κ3) is 4.45. The summed E-state index contributed by atoms with van der Waals surface area (Å²) in [4.78, 5) is 38.1. The molecule has 0 aliphatic rings. The number of carbonyl (C=O) groups is 2. The van der Waals surface area contributed by atoms with Gasteiger partial charge in [-0.15, -0.1) is 0 Å². The molecule has 1 aromatic heterocycles. The summed E-state index contributed by atoms with van der Waals surface area (Å²) in [5, 5.41) is 7.65. The monoisotopic (exact) mass is 491 g/mol. The van der Waals surface area contributed by atoms with E-state index < -0.39 is 18.5 Å². The fourth-order valence-corrected chi connectivity index (χ4v) is 3.71. The number of para-hydroxylation sites is 1. The molecule has 32 heavy (non-hydrogen) atoms. The molecule has 1 amide bonds. The molecule has 4 rings (SSSR count). The number of aryl methyl sites for hydroxylation is 1. The standard InChI is InChI=1S/C24H18BrN3O4/c1-15-13-16(25)11-12-20(15)26-21(29)14-32-24(31)22-18-9-5-6-10-19(18)23(30)28(27-22)17-7-3-2-4-8-17/h2-13H,14H2,1H3,(H,26,29). The van der Waals surface area contributed by atoms with Gasteiger partial charge < -0.3 is 10.1 Å². The first kappa shape index (κ1) is 21.5.